The van der Waals surface area contributed by atoms with Crippen molar-refractivity contribution in [2.75, 3.05) is 0 Å². The van der Waals surface area contributed by atoms with E-state index in [0.29, 0.717) is 14.5 Å². The maximum absolute atomic E-state index is 2.33. The molecule has 0 spiro atoms. The Morgan fingerprint density at radius 3 is 1.80 bits per heavy atom. The van der Waals surface area contributed by atoms with E-state index in [4.69, 9.17) is 0 Å². The first-order chi connectivity index (χ1) is 9.93. The van der Waals surface area contributed by atoms with Gasteiger partial charge in [-0.15, -0.1) is 0 Å². The first-order valence-electron chi connectivity index (χ1n) is 7.98. The molecule has 1 heterocycles. The van der Waals surface area contributed by atoms with Crippen LogP contribution in [0.1, 0.15) is 45.7 Å². The molecule has 0 saturated carbocycles. The molecule has 0 bridgehead atoms. The van der Waals surface area contributed by atoms with Gasteiger partial charge in [-0.25, -0.2) is 0 Å². The van der Waals surface area contributed by atoms with Crippen molar-refractivity contribution in [3.05, 3.63) is 50.3 Å². The Labute approximate surface area is 127 Å². The van der Waals surface area contributed by atoms with Crippen LogP contribution in [0.3, 0.4) is 0 Å². The van der Waals surface area contributed by atoms with E-state index in [2.05, 4.69) is 30.3 Å². The van der Waals surface area contributed by atoms with Crippen LogP contribution in [0.4, 0.5) is 0 Å². The van der Waals surface area contributed by atoms with Crippen LogP contribution >= 0.6 is 0 Å². The van der Waals surface area contributed by atoms with Gasteiger partial charge in [0.25, 0.3) is 0 Å². The fraction of sp³-hybridized carbons (Fsp3) is 0.421. The third kappa shape index (κ3) is 2.18. The molecule has 1 heteroatoms. The summed E-state index contributed by atoms with van der Waals surface area (Å²) in [6.07, 6.45) is 11.1. The summed E-state index contributed by atoms with van der Waals surface area (Å²) in [5, 5.41) is 0. The summed E-state index contributed by atoms with van der Waals surface area (Å²) in [6, 6.07) is 11.2. The Hall–Kier alpha value is -0.911. The fourth-order valence-electron chi connectivity index (χ4n) is 3.79. The minimum atomic E-state index is 0.684. The number of benzene rings is 1. The van der Waals surface area contributed by atoms with Gasteiger partial charge in [0.1, 0.15) is 0 Å². The summed E-state index contributed by atoms with van der Waals surface area (Å²) >= 11 is 0.684. The van der Waals surface area contributed by atoms with Gasteiger partial charge < -0.3 is 0 Å². The number of rotatable bonds is 1. The zero-order valence-electron chi connectivity index (χ0n) is 12.0. The normalized spacial score (nSPS) is 17.4. The van der Waals surface area contributed by atoms with Crippen LogP contribution in [0.5, 0.6) is 0 Å². The Kier molecular flexibility index (Phi) is 3.50. The summed E-state index contributed by atoms with van der Waals surface area (Å²) in [6.45, 7) is 0. The number of hydrogen-bond acceptors (Lipinski definition) is 0. The number of aryl methyl sites for hydroxylation is 2. The van der Waals surface area contributed by atoms with E-state index in [0.717, 1.165) is 0 Å². The fourth-order valence-corrected chi connectivity index (χ4v) is 6.82. The summed E-state index contributed by atoms with van der Waals surface area (Å²) in [5.41, 5.74) is 6.64. The van der Waals surface area contributed by atoms with E-state index < -0.39 is 0 Å². The van der Waals surface area contributed by atoms with Gasteiger partial charge in [-0.05, 0) is 0 Å². The average molecular weight is 328 g/mol. The molecule has 0 atom stereocenters. The molecule has 0 saturated heterocycles. The Balaban J connectivity index is 1.98. The molecule has 0 amide bonds. The van der Waals surface area contributed by atoms with Gasteiger partial charge in [0.2, 0.25) is 0 Å². The zero-order valence-corrected chi connectivity index (χ0v) is 13.7. The predicted molar refractivity (Wildman–Crippen MR) is 86.5 cm³/mol. The third-order valence-electron chi connectivity index (χ3n) is 4.75. The van der Waals surface area contributed by atoms with Gasteiger partial charge in [-0.1, -0.05) is 0 Å². The molecule has 1 aromatic heterocycles. The molecular weight excluding hydrogens is 307 g/mol. The number of hydrogen-bond donors (Lipinski definition) is 0. The van der Waals surface area contributed by atoms with Crippen LogP contribution in [0.15, 0.2) is 30.3 Å². The average Bonchev–Trinajstić information content (AvgIpc) is 2.53. The van der Waals surface area contributed by atoms with Crippen LogP contribution in [0.2, 0.25) is 0 Å². The predicted octanol–water partition coefficient (Wildman–Crippen LogP) is 4.45. The molecule has 4 rings (SSSR count). The Bertz CT molecular complexity index is 594. The zero-order chi connectivity index (χ0) is 13.4. The van der Waals surface area contributed by atoms with E-state index in [9.17, 15) is 0 Å². The molecule has 2 aliphatic rings. The van der Waals surface area contributed by atoms with Crippen molar-refractivity contribution in [2.45, 2.75) is 51.4 Å². The molecular formula is C19H21Se+. The van der Waals surface area contributed by atoms with Crippen molar-refractivity contribution in [3.63, 3.8) is 0 Å². The van der Waals surface area contributed by atoms with Crippen molar-refractivity contribution in [1.29, 1.82) is 0 Å². The van der Waals surface area contributed by atoms with E-state index >= 15 is 0 Å². The topological polar surface area (TPSA) is 0 Å². The second-order valence-electron chi connectivity index (χ2n) is 6.06. The molecule has 0 N–H and O–H groups in total. The second-order valence-corrected chi connectivity index (χ2v) is 8.56. The van der Waals surface area contributed by atoms with Gasteiger partial charge >= 0.3 is 127 Å². The molecule has 0 nitrogen and oxygen atoms in total. The van der Waals surface area contributed by atoms with Crippen LogP contribution < -0.4 is 0 Å². The molecule has 20 heavy (non-hydrogen) atoms. The van der Waals surface area contributed by atoms with Crippen molar-refractivity contribution in [3.8, 4) is 11.1 Å². The summed E-state index contributed by atoms with van der Waals surface area (Å²) in [5.74, 6) is 0. The van der Waals surface area contributed by atoms with E-state index in [-0.39, 0.29) is 0 Å². The summed E-state index contributed by atoms with van der Waals surface area (Å²) in [4.78, 5) is 0. The van der Waals surface area contributed by atoms with E-state index in [1.54, 1.807) is 16.7 Å². The van der Waals surface area contributed by atoms with E-state index in [1.165, 1.54) is 56.9 Å². The van der Waals surface area contributed by atoms with Crippen LogP contribution in [0.25, 0.3) is 11.1 Å². The van der Waals surface area contributed by atoms with Gasteiger partial charge in [0.05, 0.1) is 0 Å². The van der Waals surface area contributed by atoms with Gasteiger partial charge in [0, 0.05) is 0 Å². The standard InChI is InChI=1S/C19H21Se/c1-2-8-14(9-3-1)19-15-10-4-6-12-17(15)20-18-13-7-5-11-16(18)19/h1-3,8-9H,4-7,10-13H2/q+1. The van der Waals surface area contributed by atoms with Crippen molar-refractivity contribution < 1.29 is 0 Å². The van der Waals surface area contributed by atoms with Gasteiger partial charge in [0.15, 0.2) is 0 Å². The Morgan fingerprint density at radius 1 is 0.650 bits per heavy atom. The molecule has 2 aliphatic carbocycles. The van der Waals surface area contributed by atoms with E-state index in [1.807, 2.05) is 8.87 Å². The molecule has 0 fully saturated rings. The molecule has 0 radical (unpaired) electrons. The third-order valence-corrected chi connectivity index (χ3v) is 7.67. The second kappa shape index (κ2) is 5.47. The maximum atomic E-state index is 2.33. The molecule has 0 unspecified atom stereocenters. The minimum absolute atomic E-state index is 0.684. The quantitative estimate of drug-likeness (QED) is 0.679. The van der Waals surface area contributed by atoms with Crippen molar-refractivity contribution in [2.24, 2.45) is 0 Å². The summed E-state index contributed by atoms with van der Waals surface area (Å²) in [7, 11) is 0. The molecule has 2 aromatic rings. The van der Waals surface area contributed by atoms with Crippen molar-refractivity contribution in [1.82, 2.24) is 0 Å². The van der Waals surface area contributed by atoms with Crippen LogP contribution in [-0.4, -0.2) is 14.5 Å². The van der Waals surface area contributed by atoms with Gasteiger partial charge in [-0.3, -0.25) is 0 Å². The molecule has 1 aromatic carbocycles. The molecule has 0 aliphatic heterocycles. The van der Waals surface area contributed by atoms with Crippen LogP contribution in [0, 0.1) is 0 Å². The Morgan fingerprint density at radius 2 is 1.20 bits per heavy atom. The van der Waals surface area contributed by atoms with Crippen molar-refractivity contribution >= 4 is 14.5 Å². The monoisotopic (exact) mass is 329 g/mol. The molecule has 102 valence electrons. The van der Waals surface area contributed by atoms with Gasteiger partial charge in [-0.2, -0.15) is 0 Å². The number of fused-ring (bicyclic) bond motifs is 2. The first kappa shape index (κ1) is 12.8. The first-order valence-corrected chi connectivity index (χ1v) is 9.70. The van der Waals surface area contributed by atoms with Crippen LogP contribution in [-0.2, 0) is 25.7 Å². The summed E-state index contributed by atoms with van der Waals surface area (Å²) < 4.78 is 3.67. The SMILES string of the molecule is c1ccc(-c2c3c([se+]c4c2CCCC4)CCCC3)cc1.